The van der Waals surface area contributed by atoms with E-state index in [0.29, 0.717) is 0 Å². The normalized spacial score (nSPS) is 23.8. The molecule has 0 spiro atoms. The molecule has 1 N–H and O–H groups in total. The van der Waals surface area contributed by atoms with Crippen LogP contribution in [-0.2, 0) is 47.6 Å². The molecule has 0 unspecified atom stereocenters. The molecule has 1 fully saturated rings. The molecule has 1 aliphatic rings. The Morgan fingerprint density at radius 3 is 1.31 bits per heavy atom. The van der Waals surface area contributed by atoms with Crippen molar-refractivity contribution in [1.82, 2.24) is 0 Å². The molecule has 0 saturated carbocycles. The quantitative estimate of drug-likeness (QED) is 0.127. The summed E-state index contributed by atoms with van der Waals surface area (Å²) in [5.74, 6) is -3.73. The molecule has 0 amide bonds. The van der Waals surface area contributed by atoms with E-state index in [1.165, 1.54) is 0 Å². The zero-order valence-electron chi connectivity index (χ0n) is 26.3. The van der Waals surface area contributed by atoms with E-state index in [9.17, 15) is 19.2 Å². The van der Waals surface area contributed by atoms with Crippen molar-refractivity contribution >= 4 is 64.6 Å². The molecule has 11 nitrogen and oxygen atoms in total. The van der Waals surface area contributed by atoms with Gasteiger partial charge in [0.15, 0.2) is 12.2 Å². The lowest BCUT2D eigenvalue weighted by atomic mass is 9.93. The second-order valence-electron chi connectivity index (χ2n) is 14.2. The molecule has 1 saturated heterocycles. The molecule has 0 aromatic rings. The highest BCUT2D eigenvalue weighted by molar-refractivity contribution is 6.76. The van der Waals surface area contributed by atoms with Crippen LogP contribution in [-0.4, -0.2) is 70.9 Å². The van der Waals surface area contributed by atoms with E-state index in [0.717, 1.165) is 0 Å². The van der Waals surface area contributed by atoms with Crippen LogP contribution >= 0.6 is 34.8 Å². The first kappa shape index (κ1) is 38.2. The molecule has 1 rings (SSSR count). The van der Waals surface area contributed by atoms with Crippen LogP contribution in [0.25, 0.3) is 0 Å². The fraction of sp³-hybridized carbons (Fsp3) is 0.821. The van der Waals surface area contributed by atoms with Crippen molar-refractivity contribution in [2.75, 3.05) is 6.61 Å². The molecule has 1 aliphatic heterocycles. The zero-order chi connectivity index (χ0) is 33.2. The summed E-state index contributed by atoms with van der Waals surface area (Å²) in [6.45, 7) is 18.8. The number of alkyl halides is 3. The van der Waals surface area contributed by atoms with Crippen LogP contribution in [0.2, 0.25) is 0 Å². The van der Waals surface area contributed by atoms with Crippen molar-refractivity contribution in [3.05, 3.63) is 0 Å². The molecular formula is C28H44Cl3NO10. The Bertz CT molecular complexity index is 1030. The Labute approximate surface area is 263 Å². The lowest BCUT2D eigenvalue weighted by Crippen LogP contribution is -2.64. The van der Waals surface area contributed by atoms with Crippen LogP contribution < -0.4 is 0 Å². The number of ether oxygens (including phenoxy) is 6. The first-order valence-corrected chi connectivity index (χ1v) is 14.5. The van der Waals surface area contributed by atoms with Gasteiger partial charge in [-0.1, -0.05) is 34.8 Å². The summed E-state index contributed by atoms with van der Waals surface area (Å²) in [7, 11) is 0. The van der Waals surface area contributed by atoms with Crippen molar-refractivity contribution in [1.29, 1.82) is 5.41 Å². The SMILES string of the molecule is CC(C)(C)C(=O)OC[C@H]1O[C@H](OC(=N)C(Cl)(Cl)Cl)[C@H](OC(=O)C(C)(C)C)[C@@H](OC(=O)C(C)(C)C)[C@H]1OC(=O)C(C)(C)C. The van der Waals surface area contributed by atoms with Crippen LogP contribution in [0.4, 0.5) is 0 Å². The molecule has 0 aromatic heterocycles. The molecule has 0 aromatic carbocycles. The number of hydrogen-bond donors (Lipinski definition) is 1. The number of nitrogens with one attached hydrogen (secondary N) is 1. The Balaban J connectivity index is 3.82. The average molecular weight is 661 g/mol. The summed E-state index contributed by atoms with van der Waals surface area (Å²) in [6, 6.07) is 0. The highest BCUT2D eigenvalue weighted by Gasteiger charge is 2.56. The maximum atomic E-state index is 13.2. The predicted octanol–water partition coefficient (Wildman–Crippen LogP) is 5.54. The van der Waals surface area contributed by atoms with Crippen LogP contribution in [0, 0.1) is 27.1 Å². The number of rotatable bonds is 6. The van der Waals surface area contributed by atoms with E-state index in [4.69, 9.17) is 68.6 Å². The van der Waals surface area contributed by atoms with E-state index in [1.807, 2.05) is 0 Å². The third-order valence-corrected chi connectivity index (χ3v) is 6.16. The summed E-state index contributed by atoms with van der Waals surface area (Å²) in [5, 5.41) is 8.12. The summed E-state index contributed by atoms with van der Waals surface area (Å²) in [5.41, 5.74) is -4.02. The van der Waals surface area contributed by atoms with Gasteiger partial charge in [-0.05, 0) is 83.1 Å². The van der Waals surface area contributed by atoms with E-state index >= 15 is 0 Å². The fourth-order valence-corrected chi connectivity index (χ4v) is 3.10. The smallest absolute Gasteiger partial charge is 0.311 e. The van der Waals surface area contributed by atoms with Gasteiger partial charge >= 0.3 is 23.9 Å². The molecule has 0 aliphatic carbocycles. The van der Waals surface area contributed by atoms with Crippen LogP contribution in [0.5, 0.6) is 0 Å². The largest absolute Gasteiger partial charge is 0.462 e. The highest BCUT2D eigenvalue weighted by atomic mass is 35.6. The minimum absolute atomic E-state index is 0.497. The van der Waals surface area contributed by atoms with Crippen LogP contribution in [0.1, 0.15) is 83.1 Å². The molecule has 0 radical (unpaired) electrons. The Kier molecular flexibility index (Phi) is 12.2. The molecule has 14 heteroatoms. The van der Waals surface area contributed by atoms with Crippen LogP contribution in [0.3, 0.4) is 0 Å². The summed E-state index contributed by atoms with van der Waals surface area (Å²) in [4.78, 5) is 52.1. The van der Waals surface area contributed by atoms with Gasteiger partial charge in [0, 0.05) is 0 Å². The molecule has 0 bridgehead atoms. The van der Waals surface area contributed by atoms with Crippen molar-refractivity contribution in [3.8, 4) is 0 Å². The molecule has 42 heavy (non-hydrogen) atoms. The van der Waals surface area contributed by atoms with Gasteiger partial charge in [-0.3, -0.25) is 24.6 Å². The maximum absolute atomic E-state index is 13.2. The topological polar surface area (TPSA) is 148 Å². The Morgan fingerprint density at radius 1 is 0.595 bits per heavy atom. The van der Waals surface area contributed by atoms with E-state index in [2.05, 4.69) is 0 Å². The lowest BCUT2D eigenvalue weighted by Gasteiger charge is -2.45. The average Bonchev–Trinajstić information content (AvgIpc) is 2.77. The Hall–Kier alpha value is -1.82. The van der Waals surface area contributed by atoms with Gasteiger partial charge in [0.05, 0.1) is 21.7 Å². The van der Waals surface area contributed by atoms with Gasteiger partial charge in [-0.25, -0.2) is 0 Å². The standard InChI is InChI=1S/C28H44Cl3NO10/c1-24(2,3)20(33)37-13-14-15(39-21(34)25(4,5)6)16(40-22(35)26(7,8)9)17(41-23(36)27(10,11)12)18(38-14)42-19(32)28(29,30)31/h14-18,32H,13H2,1-12H3/t14-,15+,16+,17-,18-/m1/s1. The molecule has 1 heterocycles. The number of esters is 4. The summed E-state index contributed by atoms with van der Waals surface area (Å²) in [6.07, 6.45) is -7.70. The molecular weight excluding hydrogens is 617 g/mol. The fourth-order valence-electron chi connectivity index (χ4n) is 2.97. The summed E-state index contributed by atoms with van der Waals surface area (Å²) >= 11 is 17.5. The van der Waals surface area contributed by atoms with Gasteiger partial charge in [-0.2, -0.15) is 0 Å². The first-order valence-electron chi connectivity index (χ1n) is 13.3. The maximum Gasteiger partial charge on any atom is 0.311 e. The second-order valence-corrected chi connectivity index (χ2v) is 16.5. The lowest BCUT2D eigenvalue weighted by molar-refractivity contribution is -0.297. The Morgan fingerprint density at radius 2 is 0.952 bits per heavy atom. The molecule has 5 atom stereocenters. The van der Waals surface area contributed by atoms with Crippen molar-refractivity contribution in [2.45, 2.75) is 118 Å². The minimum atomic E-state index is -2.34. The number of carbonyl (C=O) groups excluding carboxylic acids is 4. The number of halogens is 3. The third-order valence-electron chi connectivity index (χ3n) is 5.64. The van der Waals surface area contributed by atoms with Gasteiger partial charge in [0.1, 0.15) is 12.7 Å². The number of hydrogen-bond acceptors (Lipinski definition) is 11. The highest BCUT2D eigenvalue weighted by Crippen LogP contribution is 2.36. The van der Waals surface area contributed by atoms with Gasteiger partial charge in [-0.15, -0.1) is 0 Å². The minimum Gasteiger partial charge on any atom is -0.462 e. The van der Waals surface area contributed by atoms with Crippen molar-refractivity contribution < 1.29 is 47.6 Å². The monoisotopic (exact) mass is 659 g/mol. The third kappa shape index (κ3) is 11.0. The predicted molar refractivity (Wildman–Crippen MR) is 156 cm³/mol. The van der Waals surface area contributed by atoms with Crippen molar-refractivity contribution in [3.63, 3.8) is 0 Å². The van der Waals surface area contributed by atoms with E-state index in [-0.39, 0.29) is 0 Å². The first-order chi connectivity index (χ1) is 18.6. The van der Waals surface area contributed by atoms with Crippen molar-refractivity contribution in [2.24, 2.45) is 21.7 Å². The van der Waals surface area contributed by atoms with Gasteiger partial charge < -0.3 is 28.4 Å². The van der Waals surface area contributed by atoms with E-state index < -0.39 is 92.5 Å². The summed E-state index contributed by atoms with van der Waals surface area (Å²) < 4.78 is 32.1. The van der Waals surface area contributed by atoms with Gasteiger partial charge in [0.2, 0.25) is 18.3 Å². The second kappa shape index (κ2) is 13.4. The molecule has 242 valence electrons. The van der Waals surface area contributed by atoms with Gasteiger partial charge in [0.25, 0.3) is 3.79 Å². The van der Waals surface area contributed by atoms with Crippen LogP contribution in [0.15, 0.2) is 0 Å². The zero-order valence-corrected chi connectivity index (χ0v) is 28.6. The van der Waals surface area contributed by atoms with E-state index in [1.54, 1.807) is 83.1 Å². The number of carbonyl (C=O) groups is 4.